The number of esters is 3. The predicted octanol–water partition coefficient (Wildman–Crippen LogP) is 3.25. The number of benzene rings is 2. The molecule has 0 aliphatic carbocycles. The highest BCUT2D eigenvalue weighted by Crippen LogP contribution is 2.25. The Balaban J connectivity index is 2.10. The van der Waals surface area contributed by atoms with Gasteiger partial charge in [0.25, 0.3) is 0 Å². The summed E-state index contributed by atoms with van der Waals surface area (Å²) in [5, 5.41) is 0. The number of ether oxygens (including phenoxy) is 3. The normalized spacial score (nSPS) is 10.1. The summed E-state index contributed by atoms with van der Waals surface area (Å²) in [4.78, 5) is 33.3. The minimum atomic E-state index is -0.447. The van der Waals surface area contributed by atoms with Crippen LogP contribution in [0.4, 0.5) is 0 Å². The lowest BCUT2D eigenvalue weighted by Gasteiger charge is -2.10. The fourth-order valence-corrected chi connectivity index (χ4v) is 2.40. The smallest absolute Gasteiger partial charge is 0.308 e. The lowest BCUT2D eigenvalue weighted by molar-refractivity contribution is -0.133. The maximum absolute atomic E-state index is 11.2. The minimum absolute atomic E-state index is 0.330. The molecule has 2 aromatic rings. The van der Waals surface area contributed by atoms with Gasteiger partial charge in [0.1, 0.15) is 17.2 Å². The number of hydrogen-bond acceptors (Lipinski definition) is 6. The van der Waals surface area contributed by atoms with E-state index in [1.807, 2.05) is 12.1 Å². The molecule has 0 saturated heterocycles. The molecule has 2 aromatic carbocycles. The molecule has 0 atom stereocenters. The summed E-state index contributed by atoms with van der Waals surface area (Å²) in [6.07, 6.45) is 1.36. The van der Waals surface area contributed by atoms with Crippen LogP contribution in [0.5, 0.6) is 17.2 Å². The van der Waals surface area contributed by atoms with E-state index in [9.17, 15) is 14.4 Å². The Morgan fingerprint density at radius 3 is 1.50 bits per heavy atom. The second kappa shape index (κ2) is 8.80. The highest BCUT2D eigenvalue weighted by atomic mass is 16.5. The van der Waals surface area contributed by atoms with Crippen LogP contribution in [0.25, 0.3) is 0 Å². The zero-order chi connectivity index (χ0) is 19.1. The first-order valence-electron chi connectivity index (χ1n) is 8.10. The summed E-state index contributed by atoms with van der Waals surface area (Å²) in [7, 11) is 0. The van der Waals surface area contributed by atoms with Crippen LogP contribution in [-0.4, -0.2) is 17.9 Å². The summed E-state index contributed by atoms with van der Waals surface area (Å²) < 4.78 is 15.2. The molecular formula is C20H20O6. The van der Waals surface area contributed by atoms with Gasteiger partial charge < -0.3 is 14.2 Å². The van der Waals surface area contributed by atoms with Gasteiger partial charge in [-0.2, -0.15) is 0 Å². The van der Waals surface area contributed by atoms with E-state index >= 15 is 0 Å². The van der Waals surface area contributed by atoms with Crippen molar-refractivity contribution >= 4 is 17.9 Å². The van der Waals surface area contributed by atoms with Gasteiger partial charge in [-0.25, -0.2) is 0 Å². The standard InChI is InChI=1S/C20H20O6/c1-13(21)24-18-8-6-16(7-9-18)4-5-17-10-19(25-14(2)22)12-20(11-17)26-15(3)23/h6-12H,4-5H2,1-3H3. The van der Waals surface area contributed by atoms with Gasteiger partial charge in [-0.15, -0.1) is 0 Å². The van der Waals surface area contributed by atoms with Crippen LogP contribution in [0.3, 0.4) is 0 Å². The number of rotatable bonds is 6. The van der Waals surface area contributed by atoms with Crippen LogP contribution >= 0.6 is 0 Å². The summed E-state index contributed by atoms with van der Waals surface area (Å²) in [6, 6.07) is 12.2. The van der Waals surface area contributed by atoms with Crippen molar-refractivity contribution in [3.05, 3.63) is 53.6 Å². The van der Waals surface area contributed by atoms with Crippen LogP contribution in [0.1, 0.15) is 31.9 Å². The molecule has 0 amide bonds. The van der Waals surface area contributed by atoms with E-state index < -0.39 is 11.9 Å². The summed E-state index contributed by atoms with van der Waals surface area (Å²) in [6.45, 7) is 3.97. The zero-order valence-corrected chi connectivity index (χ0v) is 14.9. The highest BCUT2D eigenvalue weighted by Gasteiger charge is 2.08. The topological polar surface area (TPSA) is 78.9 Å². The largest absolute Gasteiger partial charge is 0.427 e. The third-order valence-corrected chi connectivity index (χ3v) is 3.35. The van der Waals surface area contributed by atoms with E-state index in [1.165, 1.54) is 26.8 Å². The molecule has 6 heteroatoms. The van der Waals surface area contributed by atoms with Crippen LogP contribution in [0, 0.1) is 0 Å². The first kappa shape index (κ1) is 19.2. The van der Waals surface area contributed by atoms with Gasteiger partial charge in [-0.3, -0.25) is 14.4 Å². The summed E-state index contributed by atoms with van der Waals surface area (Å²) in [5.41, 5.74) is 1.91. The molecule has 0 radical (unpaired) electrons. The molecule has 0 heterocycles. The maximum atomic E-state index is 11.2. The van der Waals surface area contributed by atoms with Gasteiger partial charge in [0.05, 0.1) is 0 Å². The molecule has 0 aliphatic heterocycles. The number of aryl methyl sites for hydroxylation is 2. The molecule has 0 aromatic heterocycles. The van der Waals surface area contributed by atoms with Crippen molar-refractivity contribution in [3.63, 3.8) is 0 Å². The maximum Gasteiger partial charge on any atom is 0.308 e. The Morgan fingerprint density at radius 1 is 0.615 bits per heavy atom. The Labute approximate surface area is 151 Å². The first-order valence-corrected chi connectivity index (χ1v) is 8.10. The van der Waals surface area contributed by atoms with Crippen molar-refractivity contribution < 1.29 is 28.6 Å². The van der Waals surface area contributed by atoms with Crippen molar-refractivity contribution in [2.24, 2.45) is 0 Å². The molecule has 26 heavy (non-hydrogen) atoms. The van der Waals surface area contributed by atoms with Crippen molar-refractivity contribution in [3.8, 4) is 17.2 Å². The Hall–Kier alpha value is -3.15. The van der Waals surface area contributed by atoms with Gasteiger partial charge >= 0.3 is 17.9 Å². The molecule has 0 spiro atoms. The van der Waals surface area contributed by atoms with E-state index in [1.54, 1.807) is 24.3 Å². The summed E-state index contributed by atoms with van der Waals surface area (Å²) in [5.74, 6) is -0.102. The zero-order valence-electron chi connectivity index (χ0n) is 14.9. The second-order valence-corrected chi connectivity index (χ2v) is 5.74. The quantitative estimate of drug-likeness (QED) is 0.584. The van der Waals surface area contributed by atoms with Crippen LogP contribution in [0.2, 0.25) is 0 Å². The molecule has 0 unspecified atom stereocenters. The molecule has 0 aliphatic rings. The van der Waals surface area contributed by atoms with Gasteiger partial charge in [-0.1, -0.05) is 12.1 Å². The third-order valence-electron chi connectivity index (χ3n) is 3.35. The lowest BCUT2D eigenvalue weighted by Crippen LogP contribution is -2.05. The van der Waals surface area contributed by atoms with E-state index in [0.29, 0.717) is 30.1 Å². The average molecular weight is 356 g/mol. The Kier molecular flexibility index (Phi) is 6.49. The molecule has 2 rings (SSSR count). The van der Waals surface area contributed by atoms with Gasteiger partial charge in [0.2, 0.25) is 0 Å². The molecule has 136 valence electrons. The minimum Gasteiger partial charge on any atom is -0.427 e. The Morgan fingerprint density at radius 2 is 1.04 bits per heavy atom. The molecule has 0 bridgehead atoms. The van der Waals surface area contributed by atoms with Gasteiger partial charge in [0.15, 0.2) is 0 Å². The number of carbonyl (C=O) groups is 3. The Bertz CT molecular complexity index is 773. The van der Waals surface area contributed by atoms with Crippen LogP contribution in [-0.2, 0) is 27.2 Å². The summed E-state index contributed by atoms with van der Waals surface area (Å²) >= 11 is 0. The van der Waals surface area contributed by atoms with Crippen LogP contribution in [0.15, 0.2) is 42.5 Å². The molecule has 0 fully saturated rings. The van der Waals surface area contributed by atoms with Crippen molar-refractivity contribution in [1.82, 2.24) is 0 Å². The van der Waals surface area contributed by atoms with Crippen molar-refractivity contribution in [2.45, 2.75) is 33.6 Å². The predicted molar refractivity (Wildman–Crippen MR) is 94.2 cm³/mol. The number of hydrogen-bond donors (Lipinski definition) is 0. The van der Waals surface area contributed by atoms with Gasteiger partial charge in [-0.05, 0) is 48.2 Å². The fraction of sp³-hybridized carbons (Fsp3) is 0.250. The average Bonchev–Trinajstić information content (AvgIpc) is 2.52. The SMILES string of the molecule is CC(=O)Oc1ccc(CCc2cc(OC(C)=O)cc(OC(C)=O)c2)cc1. The molecule has 0 saturated carbocycles. The van der Waals surface area contributed by atoms with Crippen molar-refractivity contribution in [1.29, 1.82) is 0 Å². The van der Waals surface area contributed by atoms with E-state index in [-0.39, 0.29) is 5.97 Å². The van der Waals surface area contributed by atoms with Gasteiger partial charge in [0, 0.05) is 26.8 Å². The fourth-order valence-electron chi connectivity index (χ4n) is 2.40. The molecule has 6 nitrogen and oxygen atoms in total. The first-order chi connectivity index (χ1) is 12.3. The molecule has 0 N–H and O–H groups in total. The van der Waals surface area contributed by atoms with E-state index in [2.05, 4.69) is 0 Å². The monoisotopic (exact) mass is 356 g/mol. The highest BCUT2D eigenvalue weighted by molar-refractivity contribution is 5.71. The van der Waals surface area contributed by atoms with Crippen molar-refractivity contribution in [2.75, 3.05) is 0 Å². The lowest BCUT2D eigenvalue weighted by atomic mass is 10.0. The number of carbonyl (C=O) groups excluding carboxylic acids is 3. The third kappa shape index (κ3) is 6.39. The van der Waals surface area contributed by atoms with E-state index in [0.717, 1.165) is 11.1 Å². The molecular weight excluding hydrogens is 336 g/mol. The van der Waals surface area contributed by atoms with Crippen LogP contribution < -0.4 is 14.2 Å². The van der Waals surface area contributed by atoms with E-state index in [4.69, 9.17) is 14.2 Å². The second-order valence-electron chi connectivity index (χ2n) is 5.74.